The average molecular weight is 199 g/mol. The SMILES string of the molecule is CC(C)(C)O[C@@H]1CCN(C(C)(C)C)C1. The minimum Gasteiger partial charge on any atom is -0.371 e. The standard InChI is InChI=1S/C12H25NO/c1-11(2,3)13-8-7-10(9-13)14-12(4,5)6/h10H,7-9H2,1-6H3/t10-/m1/s1. The van der Waals surface area contributed by atoms with Gasteiger partial charge in [-0.2, -0.15) is 0 Å². The first kappa shape index (κ1) is 12.0. The van der Waals surface area contributed by atoms with Crippen molar-refractivity contribution >= 4 is 0 Å². The number of likely N-dealkylation sites (tertiary alicyclic amines) is 1. The molecule has 0 unspecified atom stereocenters. The quantitative estimate of drug-likeness (QED) is 0.644. The molecule has 0 bridgehead atoms. The normalized spacial score (nSPS) is 25.7. The van der Waals surface area contributed by atoms with E-state index in [1.807, 2.05) is 0 Å². The first-order valence-corrected chi connectivity index (χ1v) is 5.61. The molecule has 0 spiro atoms. The summed E-state index contributed by atoms with van der Waals surface area (Å²) >= 11 is 0. The molecule has 0 N–H and O–H groups in total. The lowest BCUT2D eigenvalue weighted by Crippen LogP contribution is -2.40. The van der Waals surface area contributed by atoms with Crippen LogP contribution in [0.4, 0.5) is 0 Å². The summed E-state index contributed by atoms with van der Waals surface area (Å²) in [5.41, 5.74) is 0.286. The van der Waals surface area contributed by atoms with E-state index in [-0.39, 0.29) is 11.1 Å². The molecule has 1 aliphatic heterocycles. The Morgan fingerprint density at radius 1 is 1.07 bits per heavy atom. The second-order valence-electron chi connectivity index (χ2n) is 6.26. The summed E-state index contributed by atoms with van der Waals surface area (Å²) in [6.45, 7) is 15.5. The Bertz CT molecular complexity index is 187. The Morgan fingerprint density at radius 3 is 2.00 bits per heavy atom. The Hall–Kier alpha value is -0.0800. The van der Waals surface area contributed by atoms with Crippen LogP contribution in [0.15, 0.2) is 0 Å². The molecule has 1 heterocycles. The van der Waals surface area contributed by atoms with Gasteiger partial charge in [-0.25, -0.2) is 0 Å². The van der Waals surface area contributed by atoms with Gasteiger partial charge in [-0.15, -0.1) is 0 Å². The predicted octanol–water partition coefficient (Wildman–Crippen LogP) is 2.67. The van der Waals surface area contributed by atoms with E-state index in [1.54, 1.807) is 0 Å². The molecule has 1 rings (SSSR count). The zero-order chi connectivity index (χ0) is 11.0. The molecule has 14 heavy (non-hydrogen) atoms. The Labute approximate surface area is 88.6 Å². The van der Waals surface area contributed by atoms with Crippen LogP contribution in [0, 0.1) is 0 Å². The zero-order valence-electron chi connectivity index (χ0n) is 10.6. The van der Waals surface area contributed by atoms with Crippen molar-refractivity contribution in [3.63, 3.8) is 0 Å². The average Bonchev–Trinajstić information content (AvgIpc) is 2.29. The smallest absolute Gasteiger partial charge is 0.0721 e. The van der Waals surface area contributed by atoms with Gasteiger partial charge in [0, 0.05) is 18.6 Å². The highest BCUT2D eigenvalue weighted by atomic mass is 16.5. The fourth-order valence-electron chi connectivity index (χ4n) is 1.93. The van der Waals surface area contributed by atoms with Gasteiger partial charge in [0.15, 0.2) is 0 Å². The van der Waals surface area contributed by atoms with Crippen molar-refractivity contribution < 1.29 is 4.74 Å². The Kier molecular flexibility index (Phi) is 3.27. The van der Waals surface area contributed by atoms with E-state index in [1.165, 1.54) is 13.0 Å². The Morgan fingerprint density at radius 2 is 1.64 bits per heavy atom. The third kappa shape index (κ3) is 3.58. The van der Waals surface area contributed by atoms with Gasteiger partial charge >= 0.3 is 0 Å². The van der Waals surface area contributed by atoms with Crippen molar-refractivity contribution in [2.45, 2.75) is 65.2 Å². The molecule has 1 atom stereocenters. The van der Waals surface area contributed by atoms with E-state index < -0.39 is 0 Å². The van der Waals surface area contributed by atoms with Crippen molar-refractivity contribution in [3.05, 3.63) is 0 Å². The largest absolute Gasteiger partial charge is 0.371 e. The lowest BCUT2D eigenvalue weighted by molar-refractivity contribution is -0.0567. The molecule has 0 aromatic heterocycles. The van der Waals surface area contributed by atoms with Crippen LogP contribution in [-0.4, -0.2) is 35.2 Å². The van der Waals surface area contributed by atoms with Gasteiger partial charge in [-0.3, -0.25) is 4.90 Å². The summed E-state index contributed by atoms with van der Waals surface area (Å²) in [7, 11) is 0. The summed E-state index contributed by atoms with van der Waals surface area (Å²) < 4.78 is 5.98. The van der Waals surface area contributed by atoms with Crippen LogP contribution >= 0.6 is 0 Å². The molecule has 84 valence electrons. The molecule has 1 saturated heterocycles. The van der Waals surface area contributed by atoms with Crippen LogP contribution in [0.1, 0.15) is 48.0 Å². The molecule has 1 aliphatic rings. The second-order valence-corrected chi connectivity index (χ2v) is 6.26. The van der Waals surface area contributed by atoms with Gasteiger partial charge in [0.05, 0.1) is 11.7 Å². The fourth-order valence-corrected chi connectivity index (χ4v) is 1.93. The van der Waals surface area contributed by atoms with Crippen LogP contribution < -0.4 is 0 Å². The van der Waals surface area contributed by atoms with Gasteiger partial charge in [0.25, 0.3) is 0 Å². The molecule has 0 aliphatic carbocycles. The first-order chi connectivity index (χ1) is 6.18. The highest BCUT2D eigenvalue weighted by Gasteiger charge is 2.32. The van der Waals surface area contributed by atoms with Gasteiger partial charge in [0.2, 0.25) is 0 Å². The number of nitrogens with zero attached hydrogens (tertiary/aromatic N) is 1. The molecule has 0 radical (unpaired) electrons. The van der Waals surface area contributed by atoms with Crippen molar-refractivity contribution in [2.75, 3.05) is 13.1 Å². The summed E-state index contributed by atoms with van der Waals surface area (Å²) in [5.74, 6) is 0. The van der Waals surface area contributed by atoms with Crippen LogP contribution in [0.25, 0.3) is 0 Å². The minimum absolute atomic E-state index is 0.00143. The van der Waals surface area contributed by atoms with Crippen LogP contribution in [-0.2, 0) is 4.74 Å². The Balaban J connectivity index is 2.42. The van der Waals surface area contributed by atoms with Crippen molar-refractivity contribution in [1.82, 2.24) is 4.90 Å². The lowest BCUT2D eigenvalue weighted by atomic mass is 10.1. The predicted molar refractivity (Wildman–Crippen MR) is 60.6 cm³/mol. The third-order valence-electron chi connectivity index (χ3n) is 2.61. The minimum atomic E-state index is -0.00143. The van der Waals surface area contributed by atoms with E-state index in [4.69, 9.17) is 4.74 Å². The van der Waals surface area contributed by atoms with E-state index >= 15 is 0 Å². The van der Waals surface area contributed by atoms with Crippen molar-refractivity contribution in [3.8, 4) is 0 Å². The number of hydrogen-bond acceptors (Lipinski definition) is 2. The summed E-state index contributed by atoms with van der Waals surface area (Å²) in [4.78, 5) is 2.50. The van der Waals surface area contributed by atoms with Crippen LogP contribution in [0.5, 0.6) is 0 Å². The van der Waals surface area contributed by atoms with Crippen molar-refractivity contribution in [1.29, 1.82) is 0 Å². The monoisotopic (exact) mass is 199 g/mol. The number of hydrogen-bond donors (Lipinski definition) is 0. The number of ether oxygens (including phenoxy) is 1. The highest BCUT2D eigenvalue weighted by molar-refractivity contribution is 4.86. The molecule has 2 heteroatoms. The molecule has 0 aromatic rings. The van der Waals surface area contributed by atoms with E-state index in [0.717, 1.165) is 6.54 Å². The summed E-state index contributed by atoms with van der Waals surface area (Å²) in [6, 6.07) is 0. The summed E-state index contributed by atoms with van der Waals surface area (Å²) in [5, 5.41) is 0. The van der Waals surface area contributed by atoms with Crippen LogP contribution in [0.2, 0.25) is 0 Å². The molecule has 0 aromatic carbocycles. The van der Waals surface area contributed by atoms with E-state index in [0.29, 0.717) is 6.10 Å². The molecule has 2 nitrogen and oxygen atoms in total. The molecule has 0 saturated carbocycles. The third-order valence-corrected chi connectivity index (χ3v) is 2.61. The summed E-state index contributed by atoms with van der Waals surface area (Å²) in [6.07, 6.45) is 1.60. The van der Waals surface area contributed by atoms with E-state index in [9.17, 15) is 0 Å². The van der Waals surface area contributed by atoms with Gasteiger partial charge < -0.3 is 4.74 Å². The lowest BCUT2D eigenvalue weighted by Gasteiger charge is -2.32. The molecular weight excluding hydrogens is 174 g/mol. The maximum Gasteiger partial charge on any atom is 0.0721 e. The topological polar surface area (TPSA) is 12.5 Å². The maximum absolute atomic E-state index is 5.98. The first-order valence-electron chi connectivity index (χ1n) is 5.61. The van der Waals surface area contributed by atoms with E-state index in [2.05, 4.69) is 46.4 Å². The van der Waals surface area contributed by atoms with Gasteiger partial charge in [-0.05, 0) is 48.0 Å². The van der Waals surface area contributed by atoms with Crippen LogP contribution in [0.3, 0.4) is 0 Å². The second kappa shape index (κ2) is 3.82. The fraction of sp³-hybridized carbons (Fsp3) is 1.00. The number of rotatable bonds is 1. The maximum atomic E-state index is 5.98. The van der Waals surface area contributed by atoms with Gasteiger partial charge in [-0.1, -0.05) is 0 Å². The van der Waals surface area contributed by atoms with Gasteiger partial charge in [0.1, 0.15) is 0 Å². The molecular formula is C12H25NO. The van der Waals surface area contributed by atoms with Crippen molar-refractivity contribution in [2.24, 2.45) is 0 Å². The zero-order valence-corrected chi connectivity index (χ0v) is 10.6. The molecule has 1 fully saturated rings. The highest BCUT2D eigenvalue weighted by Crippen LogP contribution is 2.24. The molecule has 0 amide bonds.